The van der Waals surface area contributed by atoms with Crippen molar-refractivity contribution >= 4 is 43.5 Å². The Morgan fingerprint density at radius 3 is 2.10 bits per heavy atom. The van der Waals surface area contributed by atoms with Crippen molar-refractivity contribution in [3.8, 4) is 0 Å². The minimum Gasteiger partial charge on any atom is -0.350 e. The van der Waals surface area contributed by atoms with Crippen LogP contribution in [0.4, 0.5) is 5.69 Å². The third-order valence-electron chi connectivity index (χ3n) is 6.35. The van der Waals surface area contributed by atoms with Crippen molar-refractivity contribution in [2.75, 3.05) is 17.1 Å². The molecule has 0 bridgehead atoms. The molecule has 7 nitrogen and oxygen atoms in total. The standard InChI is InChI=1S/C31H38BrN3O4S/c1-22-12-14-25(15-13-22)20-34(28(30(37)33-31(3,4)5)19-24-10-8-7-9-11-24)29(36)21-35(40(6,38)39)26-16-17-27(32)23(2)18-26/h7-18,28H,19-21H2,1-6H3,(H,33,37)/t28-/m0/s1. The third kappa shape index (κ3) is 8.93. The van der Waals surface area contributed by atoms with Gasteiger partial charge in [0.15, 0.2) is 0 Å². The molecule has 0 aliphatic carbocycles. The van der Waals surface area contributed by atoms with Gasteiger partial charge in [0.05, 0.1) is 11.9 Å². The molecule has 1 atom stereocenters. The summed E-state index contributed by atoms with van der Waals surface area (Å²) < 4.78 is 27.8. The lowest BCUT2D eigenvalue weighted by Crippen LogP contribution is -2.56. The van der Waals surface area contributed by atoms with Crippen LogP contribution in [0.5, 0.6) is 0 Å². The fourth-order valence-electron chi connectivity index (χ4n) is 4.29. The van der Waals surface area contributed by atoms with Crippen molar-refractivity contribution in [3.05, 3.63) is 99.5 Å². The Labute approximate surface area is 246 Å². The number of rotatable bonds is 10. The van der Waals surface area contributed by atoms with Crippen LogP contribution in [0, 0.1) is 13.8 Å². The van der Waals surface area contributed by atoms with Crippen LogP contribution >= 0.6 is 15.9 Å². The fraction of sp³-hybridized carbons (Fsp3) is 0.355. The SMILES string of the molecule is Cc1ccc(CN(C(=O)CN(c2ccc(Br)c(C)c2)S(C)(=O)=O)[C@@H](Cc2ccccc2)C(=O)NC(C)(C)C)cc1. The molecule has 0 unspecified atom stereocenters. The summed E-state index contributed by atoms with van der Waals surface area (Å²) in [5, 5.41) is 3.03. The van der Waals surface area contributed by atoms with Crippen molar-refractivity contribution in [2.24, 2.45) is 0 Å². The summed E-state index contributed by atoms with van der Waals surface area (Å²) in [6.45, 7) is 9.19. The van der Waals surface area contributed by atoms with E-state index in [1.807, 2.05) is 89.2 Å². The normalized spacial score (nSPS) is 12.5. The van der Waals surface area contributed by atoms with Gasteiger partial charge < -0.3 is 10.2 Å². The number of benzene rings is 3. The molecule has 214 valence electrons. The van der Waals surface area contributed by atoms with Crippen LogP contribution in [0.2, 0.25) is 0 Å². The smallest absolute Gasteiger partial charge is 0.244 e. The van der Waals surface area contributed by atoms with Crippen LogP contribution < -0.4 is 9.62 Å². The molecular formula is C31H38BrN3O4S. The molecule has 0 saturated carbocycles. The van der Waals surface area contributed by atoms with Gasteiger partial charge in [0, 0.05) is 23.0 Å². The molecule has 0 fully saturated rings. The molecule has 2 amide bonds. The monoisotopic (exact) mass is 627 g/mol. The Morgan fingerprint density at radius 2 is 1.55 bits per heavy atom. The van der Waals surface area contributed by atoms with Crippen LogP contribution in [0.1, 0.15) is 43.0 Å². The molecular weight excluding hydrogens is 590 g/mol. The zero-order chi connectivity index (χ0) is 29.7. The van der Waals surface area contributed by atoms with Crippen LogP contribution in [-0.2, 0) is 32.6 Å². The van der Waals surface area contributed by atoms with Gasteiger partial charge in [-0.3, -0.25) is 13.9 Å². The maximum Gasteiger partial charge on any atom is 0.244 e. The second-order valence-electron chi connectivity index (χ2n) is 11.2. The highest BCUT2D eigenvalue weighted by molar-refractivity contribution is 9.10. The highest BCUT2D eigenvalue weighted by atomic mass is 79.9. The van der Waals surface area contributed by atoms with E-state index in [-0.39, 0.29) is 18.9 Å². The van der Waals surface area contributed by atoms with E-state index in [4.69, 9.17) is 0 Å². The number of carbonyl (C=O) groups is 2. The minimum atomic E-state index is -3.82. The molecule has 0 radical (unpaired) electrons. The van der Waals surface area contributed by atoms with E-state index in [9.17, 15) is 18.0 Å². The molecule has 0 aromatic heterocycles. The number of amides is 2. The van der Waals surface area contributed by atoms with Crippen molar-refractivity contribution < 1.29 is 18.0 Å². The van der Waals surface area contributed by atoms with E-state index in [2.05, 4.69) is 21.2 Å². The second kappa shape index (κ2) is 13.0. The number of aryl methyl sites for hydroxylation is 2. The third-order valence-corrected chi connectivity index (χ3v) is 8.38. The number of anilines is 1. The molecule has 9 heteroatoms. The number of hydrogen-bond donors (Lipinski definition) is 1. The molecule has 3 aromatic rings. The lowest BCUT2D eigenvalue weighted by Gasteiger charge is -2.35. The van der Waals surface area contributed by atoms with Gasteiger partial charge in [-0.25, -0.2) is 8.42 Å². The fourth-order valence-corrected chi connectivity index (χ4v) is 5.38. The predicted octanol–water partition coefficient (Wildman–Crippen LogP) is 5.39. The minimum absolute atomic E-state index is 0.144. The summed E-state index contributed by atoms with van der Waals surface area (Å²) in [6, 6.07) is 21.5. The summed E-state index contributed by atoms with van der Waals surface area (Å²) in [6.07, 6.45) is 1.35. The first kappa shape index (κ1) is 31.4. The molecule has 0 saturated heterocycles. The number of nitrogens with one attached hydrogen (secondary N) is 1. The molecule has 0 heterocycles. The van der Waals surface area contributed by atoms with Gasteiger partial charge in [-0.15, -0.1) is 0 Å². The van der Waals surface area contributed by atoms with Crippen molar-refractivity contribution in [1.82, 2.24) is 10.2 Å². The average Bonchev–Trinajstić information content (AvgIpc) is 2.86. The first-order valence-electron chi connectivity index (χ1n) is 13.1. The molecule has 0 spiro atoms. The lowest BCUT2D eigenvalue weighted by atomic mass is 10.0. The Hall–Kier alpha value is -3.17. The first-order chi connectivity index (χ1) is 18.6. The van der Waals surface area contributed by atoms with E-state index in [0.29, 0.717) is 5.69 Å². The second-order valence-corrected chi connectivity index (χ2v) is 13.9. The number of carbonyl (C=O) groups excluding carboxylic acids is 2. The van der Waals surface area contributed by atoms with Crippen molar-refractivity contribution in [1.29, 1.82) is 0 Å². The van der Waals surface area contributed by atoms with Crippen LogP contribution in [0.25, 0.3) is 0 Å². The van der Waals surface area contributed by atoms with Crippen molar-refractivity contribution in [2.45, 2.75) is 59.2 Å². The number of nitrogens with zero attached hydrogens (tertiary/aromatic N) is 2. The highest BCUT2D eigenvalue weighted by Crippen LogP contribution is 2.25. The van der Waals surface area contributed by atoms with E-state index in [1.165, 1.54) is 4.90 Å². The maximum absolute atomic E-state index is 14.1. The molecule has 0 aliphatic rings. The van der Waals surface area contributed by atoms with Gasteiger partial charge in [-0.2, -0.15) is 0 Å². The van der Waals surface area contributed by atoms with E-state index >= 15 is 0 Å². The van der Waals surface area contributed by atoms with Crippen LogP contribution in [0.15, 0.2) is 77.3 Å². The largest absolute Gasteiger partial charge is 0.350 e. The molecule has 3 aromatic carbocycles. The average molecular weight is 629 g/mol. The molecule has 1 N–H and O–H groups in total. The summed E-state index contributed by atoms with van der Waals surface area (Å²) in [4.78, 5) is 29.4. The quantitative estimate of drug-likeness (QED) is 0.327. The Morgan fingerprint density at radius 1 is 0.925 bits per heavy atom. The van der Waals surface area contributed by atoms with Gasteiger partial charge in [-0.05, 0) is 69.5 Å². The van der Waals surface area contributed by atoms with E-state index in [1.54, 1.807) is 18.2 Å². The van der Waals surface area contributed by atoms with E-state index < -0.39 is 34.1 Å². The van der Waals surface area contributed by atoms with Crippen LogP contribution in [0.3, 0.4) is 0 Å². The zero-order valence-electron chi connectivity index (χ0n) is 23.9. The summed E-state index contributed by atoms with van der Waals surface area (Å²) in [5.41, 5.74) is 3.49. The predicted molar refractivity (Wildman–Crippen MR) is 165 cm³/mol. The van der Waals surface area contributed by atoms with Crippen LogP contribution in [-0.4, -0.2) is 49.5 Å². The number of sulfonamides is 1. The van der Waals surface area contributed by atoms with Crippen molar-refractivity contribution in [3.63, 3.8) is 0 Å². The summed E-state index contributed by atoms with van der Waals surface area (Å²) in [7, 11) is -3.82. The van der Waals surface area contributed by atoms with Gasteiger partial charge in [-0.1, -0.05) is 76.1 Å². The van der Waals surface area contributed by atoms with Gasteiger partial charge in [0.25, 0.3) is 0 Å². The molecule has 3 rings (SSSR count). The van der Waals surface area contributed by atoms with Gasteiger partial charge in [0.2, 0.25) is 21.8 Å². The van der Waals surface area contributed by atoms with Gasteiger partial charge in [0.1, 0.15) is 12.6 Å². The Bertz CT molecular complexity index is 1440. The first-order valence-corrected chi connectivity index (χ1v) is 15.7. The molecule has 0 aliphatic heterocycles. The highest BCUT2D eigenvalue weighted by Gasteiger charge is 2.34. The lowest BCUT2D eigenvalue weighted by molar-refractivity contribution is -0.140. The molecule has 40 heavy (non-hydrogen) atoms. The number of halogens is 1. The zero-order valence-corrected chi connectivity index (χ0v) is 26.3. The summed E-state index contributed by atoms with van der Waals surface area (Å²) in [5.74, 6) is -0.779. The van der Waals surface area contributed by atoms with E-state index in [0.717, 1.165) is 37.3 Å². The Balaban J connectivity index is 2.08. The van der Waals surface area contributed by atoms with Gasteiger partial charge >= 0.3 is 0 Å². The Kier molecular flexibility index (Phi) is 10.2. The summed E-state index contributed by atoms with van der Waals surface area (Å²) >= 11 is 3.45. The number of hydrogen-bond acceptors (Lipinski definition) is 4. The topological polar surface area (TPSA) is 86.8 Å². The maximum atomic E-state index is 14.1.